The Morgan fingerprint density at radius 3 is 2.23 bits per heavy atom. The number of rotatable bonds is 8. The Morgan fingerprint density at radius 1 is 1.03 bits per heavy atom. The SMILES string of the molecule is O=C(O)COc1c(C(=O)O)sc(-c2ccc(NS(=O)(=O)c3ccccc3)cc2)c1Br. The van der Waals surface area contributed by atoms with Crippen LogP contribution in [0.25, 0.3) is 10.4 Å². The van der Waals surface area contributed by atoms with Crippen LogP contribution in [0.15, 0.2) is 64.0 Å². The van der Waals surface area contributed by atoms with Crippen LogP contribution in [0.1, 0.15) is 9.67 Å². The van der Waals surface area contributed by atoms with E-state index in [-0.39, 0.29) is 15.5 Å². The third-order valence-corrected chi connectivity index (χ3v) is 7.42. The molecule has 0 unspecified atom stereocenters. The normalized spacial score (nSPS) is 11.1. The number of hydrogen-bond donors (Lipinski definition) is 3. The summed E-state index contributed by atoms with van der Waals surface area (Å²) < 4.78 is 32.7. The highest BCUT2D eigenvalue weighted by Crippen LogP contribution is 2.45. The van der Waals surface area contributed by atoms with Gasteiger partial charge in [-0.2, -0.15) is 0 Å². The molecule has 1 heterocycles. The van der Waals surface area contributed by atoms with Gasteiger partial charge in [-0.3, -0.25) is 4.72 Å². The molecule has 0 spiro atoms. The molecule has 0 saturated heterocycles. The summed E-state index contributed by atoms with van der Waals surface area (Å²) in [5.41, 5.74) is 0.929. The van der Waals surface area contributed by atoms with E-state index in [1.54, 1.807) is 42.5 Å². The molecule has 0 bridgehead atoms. The molecular weight excluding hydrogens is 498 g/mol. The summed E-state index contributed by atoms with van der Waals surface area (Å²) in [7, 11) is -3.74. The van der Waals surface area contributed by atoms with E-state index in [1.807, 2.05) is 0 Å². The molecule has 0 aliphatic heterocycles. The number of nitrogens with one attached hydrogen (secondary N) is 1. The molecule has 0 radical (unpaired) electrons. The highest BCUT2D eigenvalue weighted by molar-refractivity contribution is 9.10. The van der Waals surface area contributed by atoms with Crippen LogP contribution in [0.2, 0.25) is 0 Å². The molecule has 30 heavy (non-hydrogen) atoms. The van der Waals surface area contributed by atoms with Crippen LogP contribution in [0, 0.1) is 0 Å². The summed E-state index contributed by atoms with van der Waals surface area (Å²) in [6.45, 7) is -0.685. The lowest BCUT2D eigenvalue weighted by Crippen LogP contribution is -2.12. The Bertz CT molecular complexity index is 1190. The summed E-state index contributed by atoms with van der Waals surface area (Å²) in [4.78, 5) is 22.7. The minimum atomic E-state index is -3.74. The van der Waals surface area contributed by atoms with Gasteiger partial charge >= 0.3 is 11.9 Å². The molecule has 3 rings (SSSR count). The number of halogens is 1. The van der Waals surface area contributed by atoms with E-state index in [2.05, 4.69) is 20.7 Å². The fourth-order valence-electron chi connectivity index (χ4n) is 2.49. The van der Waals surface area contributed by atoms with Crippen molar-refractivity contribution in [3.63, 3.8) is 0 Å². The first kappa shape index (κ1) is 21.8. The summed E-state index contributed by atoms with van der Waals surface area (Å²) >= 11 is 4.18. The molecule has 0 amide bonds. The van der Waals surface area contributed by atoms with E-state index < -0.39 is 28.6 Å². The standard InChI is InChI=1S/C19H14BrNO7S2/c20-15-16(28-10-14(22)23)18(19(24)25)29-17(15)11-6-8-12(9-7-11)21-30(26,27)13-4-2-1-3-5-13/h1-9,21H,10H2,(H,22,23)(H,24,25). The lowest BCUT2D eigenvalue weighted by Gasteiger charge is -2.09. The topological polar surface area (TPSA) is 130 Å². The maximum atomic E-state index is 12.4. The van der Waals surface area contributed by atoms with Gasteiger partial charge in [0.15, 0.2) is 17.2 Å². The molecule has 0 atom stereocenters. The Labute approximate surface area is 183 Å². The fourth-order valence-corrected chi connectivity index (χ4v) is 5.47. The Morgan fingerprint density at radius 2 is 1.67 bits per heavy atom. The van der Waals surface area contributed by atoms with Crippen LogP contribution in [0.4, 0.5) is 5.69 Å². The van der Waals surface area contributed by atoms with Crippen LogP contribution >= 0.6 is 27.3 Å². The van der Waals surface area contributed by atoms with Gasteiger partial charge in [0.1, 0.15) is 0 Å². The second-order valence-corrected chi connectivity index (χ2v) is 9.38. The highest BCUT2D eigenvalue weighted by atomic mass is 79.9. The molecule has 1 aromatic heterocycles. The molecule has 3 aromatic rings. The number of aliphatic carboxylic acids is 1. The number of anilines is 1. The van der Waals surface area contributed by atoms with Crippen molar-refractivity contribution in [3.05, 3.63) is 63.9 Å². The highest BCUT2D eigenvalue weighted by Gasteiger charge is 2.24. The smallest absolute Gasteiger partial charge is 0.349 e. The van der Waals surface area contributed by atoms with Gasteiger partial charge in [0.05, 0.1) is 14.2 Å². The summed E-state index contributed by atoms with van der Waals surface area (Å²) in [5, 5.41) is 18.2. The fraction of sp³-hybridized carbons (Fsp3) is 0.0526. The zero-order valence-electron chi connectivity index (χ0n) is 15.0. The van der Waals surface area contributed by atoms with Crippen molar-refractivity contribution in [2.75, 3.05) is 11.3 Å². The zero-order chi connectivity index (χ0) is 21.9. The van der Waals surface area contributed by atoms with Crippen LogP contribution in [0.3, 0.4) is 0 Å². The Kier molecular flexibility index (Phi) is 6.44. The van der Waals surface area contributed by atoms with E-state index in [0.717, 1.165) is 11.3 Å². The van der Waals surface area contributed by atoms with Crippen LogP contribution in [-0.4, -0.2) is 37.2 Å². The van der Waals surface area contributed by atoms with Gasteiger partial charge in [0.25, 0.3) is 10.0 Å². The van der Waals surface area contributed by atoms with Crippen molar-refractivity contribution in [1.82, 2.24) is 0 Å². The molecule has 11 heteroatoms. The Hall–Kier alpha value is -2.89. The molecule has 3 N–H and O–H groups in total. The maximum absolute atomic E-state index is 12.4. The summed E-state index contributed by atoms with van der Waals surface area (Å²) in [6, 6.07) is 14.2. The first-order chi connectivity index (χ1) is 14.2. The molecule has 0 saturated carbocycles. The molecular formula is C19H14BrNO7S2. The van der Waals surface area contributed by atoms with Gasteiger partial charge in [-0.25, -0.2) is 18.0 Å². The average molecular weight is 512 g/mol. The predicted octanol–water partition coefficient (Wildman–Crippen LogP) is 4.14. The first-order valence-corrected chi connectivity index (χ1v) is 11.4. The van der Waals surface area contributed by atoms with Gasteiger partial charge in [0.2, 0.25) is 0 Å². The number of aromatic carboxylic acids is 1. The number of hydrogen-bond acceptors (Lipinski definition) is 6. The number of carboxylic acid groups (broad SMARTS) is 2. The monoisotopic (exact) mass is 511 g/mol. The third kappa shape index (κ3) is 4.81. The van der Waals surface area contributed by atoms with Gasteiger partial charge in [-0.1, -0.05) is 30.3 Å². The number of thiophene rings is 1. The first-order valence-electron chi connectivity index (χ1n) is 8.27. The number of sulfonamides is 1. The van der Waals surface area contributed by atoms with Gasteiger partial charge in [-0.15, -0.1) is 11.3 Å². The second-order valence-electron chi connectivity index (χ2n) is 5.89. The molecule has 156 valence electrons. The predicted molar refractivity (Wildman–Crippen MR) is 115 cm³/mol. The van der Waals surface area contributed by atoms with E-state index >= 15 is 0 Å². The lowest BCUT2D eigenvalue weighted by atomic mass is 10.2. The van der Waals surface area contributed by atoms with Gasteiger partial charge < -0.3 is 14.9 Å². The Balaban J connectivity index is 1.88. The molecule has 0 aliphatic carbocycles. The van der Waals surface area contributed by atoms with Crippen molar-refractivity contribution < 1.29 is 33.0 Å². The summed E-state index contributed by atoms with van der Waals surface area (Å²) in [6.07, 6.45) is 0. The van der Waals surface area contributed by atoms with Crippen molar-refractivity contribution in [1.29, 1.82) is 0 Å². The minimum absolute atomic E-state index is 0.0706. The number of carboxylic acids is 2. The second kappa shape index (κ2) is 8.86. The van der Waals surface area contributed by atoms with E-state index in [9.17, 15) is 23.1 Å². The van der Waals surface area contributed by atoms with Crippen molar-refractivity contribution in [2.24, 2.45) is 0 Å². The molecule has 2 aromatic carbocycles. The van der Waals surface area contributed by atoms with Gasteiger partial charge in [0, 0.05) is 5.69 Å². The van der Waals surface area contributed by atoms with E-state index in [0.29, 0.717) is 20.6 Å². The lowest BCUT2D eigenvalue weighted by molar-refractivity contribution is -0.139. The maximum Gasteiger partial charge on any atom is 0.349 e. The zero-order valence-corrected chi connectivity index (χ0v) is 18.3. The number of benzene rings is 2. The van der Waals surface area contributed by atoms with Crippen LogP contribution < -0.4 is 9.46 Å². The van der Waals surface area contributed by atoms with Crippen LogP contribution in [0.5, 0.6) is 5.75 Å². The van der Waals surface area contributed by atoms with E-state index in [1.165, 1.54) is 12.1 Å². The average Bonchev–Trinajstić information content (AvgIpc) is 3.04. The van der Waals surface area contributed by atoms with E-state index in [4.69, 9.17) is 9.84 Å². The van der Waals surface area contributed by atoms with Crippen molar-refractivity contribution in [3.8, 4) is 16.2 Å². The largest absolute Gasteiger partial charge is 0.479 e. The quantitative estimate of drug-likeness (QED) is 0.414. The van der Waals surface area contributed by atoms with Gasteiger partial charge in [-0.05, 0) is 45.8 Å². The molecule has 0 aliphatic rings. The minimum Gasteiger partial charge on any atom is -0.479 e. The van der Waals surface area contributed by atoms with Crippen LogP contribution in [-0.2, 0) is 14.8 Å². The third-order valence-electron chi connectivity index (χ3n) is 3.80. The van der Waals surface area contributed by atoms with Crippen molar-refractivity contribution >= 4 is 54.9 Å². The number of carbonyl (C=O) groups is 2. The summed E-state index contributed by atoms with van der Waals surface area (Å²) in [5.74, 6) is -2.56. The van der Waals surface area contributed by atoms with Crippen molar-refractivity contribution in [2.45, 2.75) is 4.90 Å². The molecule has 0 fully saturated rings. The number of ether oxygens (including phenoxy) is 1. The molecule has 8 nitrogen and oxygen atoms in total.